The molecule has 0 bridgehead atoms. The Morgan fingerprint density at radius 1 is 0.706 bits per heavy atom. The SMILES string of the molecule is [Cu+].c1cc([B-](c2ccn[nH]2)c2ccn[nH]2)[nH]n1. The molecular weight excluding hydrogens is 266 g/mol. The van der Waals surface area contributed by atoms with Crippen molar-refractivity contribution in [3.63, 3.8) is 0 Å². The summed E-state index contributed by atoms with van der Waals surface area (Å²) in [5.41, 5.74) is 2.98. The molecule has 3 aromatic rings. The van der Waals surface area contributed by atoms with Crippen LogP contribution in [0, 0.1) is 0 Å². The maximum Gasteiger partial charge on any atom is 1.00 e. The Hall–Kier alpha value is -1.79. The summed E-state index contributed by atoms with van der Waals surface area (Å²) >= 11 is 0. The van der Waals surface area contributed by atoms with E-state index in [2.05, 4.69) is 30.6 Å². The summed E-state index contributed by atoms with van der Waals surface area (Å²) in [6, 6.07) is 5.81. The molecule has 0 atom stereocenters. The van der Waals surface area contributed by atoms with E-state index in [-0.39, 0.29) is 23.8 Å². The number of nitrogens with zero attached hydrogens (tertiary/aromatic N) is 3. The van der Waals surface area contributed by atoms with E-state index in [9.17, 15) is 0 Å². The first-order valence-corrected chi connectivity index (χ1v) is 4.93. The maximum absolute atomic E-state index is 3.97. The molecule has 0 aromatic carbocycles. The van der Waals surface area contributed by atoms with E-state index in [4.69, 9.17) is 0 Å². The molecule has 8 heteroatoms. The summed E-state index contributed by atoms with van der Waals surface area (Å²) in [5.74, 6) is 0. The number of H-pyrrole nitrogens is 3. The number of hydrogen-bond acceptors (Lipinski definition) is 3. The van der Waals surface area contributed by atoms with Gasteiger partial charge in [0.1, 0.15) is 0 Å². The summed E-state index contributed by atoms with van der Waals surface area (Å²) in [7, 11) is 0. The van der Waals surface area contributed by atoms with Crippen LogP contribution in [-0.2, 0) is 17.1 Å². The Kier molecular flexibility index (Phi) is 3.46. The Balaban J connectivity index is 0.00000108. The summed E-state index contributed by atoms with van der Waals surface area (Å²) in [6.45, 7) is 0.0347. The predicted molar refractivity (Wildman–Crippen MR) is 60.4 cm³/mol. The van der Waals surface area contributed by atoms with Crippen molar-refractivity contribution in [2.45, 2.75) is 0 Å². The average molecular weight is 276 g/mol. The van der Waals surface area contributed by atoms with Crippen molar-refractivity contribution in [3.8, 4) is 0 Å². The van der Waals surface area contributed by atoms with Crippen molar-refractivity contribution in [1.29, 1.82) is 0 Å². The van der Waals surface area contributed by atoms with Crippen LogP contribution in [0.25, 0.3) is 0 Å². The molecule has 0 spiro atoms. The van der Waals surface area contributed by atoms with Crippen LogP contribution in [-0.4, -0.2) is 37.3 Å². The van der Waals surface area contributed by atoms with Gasteiger partial charge in [-0.05, 0) is 0 Å². The van der Waals surface area contributed by atoms with E-state index < -0.39 is 0 Å². The Labute approximate surface area is 108 Å². The molecule has 89 valence electrons. The zero-order chi connectivity index (χ0) is 10.8. The van der Waals surface area contributed by atoms with Crippen molar-refractivity contribution >= 4 is 23.5 Å². The zero-order valence-electron chi connectivity index (χ0n) is 8.68. The van der Waals surface area contributed by atoms with E-state index >= 15 is 0 Å². The smallest absolute Gasteiger partial charge is 0.324 e. The quantitative estimate of drug-likeness (QED) is 0.502. The van der Waals surface area contributed by atoms with Gasteiger partial charge in [0.25, 0.3) is 0 Å². The van der Waals surface area contributed by atoms with E-state index in [1.54, 1.807) is 18.6 Å². The molecule has 0 aliphatic rings. The van der Waals surface area contributed by atoms with Gasteiger partial charge in [-0.3, -0.25) is 0 Å². The number of nitrogens with one attached hydrogen (secondary N) is 3. The molecule has 1 radical (unpaired) electrons. The topological polar surface area (TPSA) is 86.0 Å². The third kappa shape index (κ3) is 2.18. The van der Waals surface area contributed by atoms with Gasteiger partial charge in [-0.25, -0.2) is 0 Å². The number of rotatable bonds is 3. The first-order valence-electron chi connectivity index (χ1n) is 4.93. The van der Waals surface area contributed by atoms with Crippen LogP contribution in [0.4, 0.5) is 0 Å². The molecule has 3 aromatic heterocycles. The second-order valence-corrected chi connectivity index (χ2v) is 3.47. The van der Waals surface area contributed by atoms with E-state index in [0.29, 0.717) is 0 Å². The van der Waals surface area contributed by atoms with Gasteiger partial charge in [0, 0.05) is 25.3 Å². The summed E-state index contributed by atoms with van der Waals surface area (Å²) in [4.78, 5) is 0. The van der Waals surface area contributed by atoms with Crippen molar-refractivity contribution in [2.75, 3.05) is 0 Å². The Morgan fingerprint density at radius 2 is 1.06 bits per heavy atom. The number of aromatic amines is 3. The van der Waals surface area contributed by atoms with Crippen LogP contribution < -0.4 is 16.8 Å². The van der Waals surface area contributed by atoms with Crippen LogP contribution in [0.3, 0.4) is 0 Å². The monoisotopic (exact) mass is 275 g/mol. The van der Waals surface area contributed by atoms with Crippen LogP contribution >= 0.6 is 0 Å². The number of aromatic nitrogens is 6. The Morgan fingerprint density at radius 3 is 1.29 bits per heavy atom. The van der Waals surface area contributed by atoms with Crippen molar-refractivity contribution in [2.24, 2.45) is 0 Å². The predicted octanol–water partition coefficient (Wildman–Crippen LogP) is -1.63. The second-order valence-electron chi connectivity index (χ2n) is 3.47. The molecule has 0 saturated carbocycles. The fourth-order valence-electron chi connectivity index (χ4n) is 1.78. The van der Waals surface area contributed by atoms with E-state index in [0.717, 1.165) is 16.8 Å². The third-order valence-electron chi connectivity index (χ3n) is 2.50. The largest absolute Gasteiger partial charge is 1.00 e. The molecule has 0 unspecified atom stereocenters. The number of hydrogen-bond donors (Lipinski definition) is 3. The summed E-state index contributed by atoms with van der Waals surface area (Å²) < 4.78 is 0. The normalized spacial score (nSPS) is 10.4. The van der Waals surface area contributed by atoms with Gasteiger partial charge in [-0.1, -0.05) is 18.2 Å². The van der Waals surface area contributed by atoms with E-state index in [1.165, 1.54) is 0 Å². The molecule has 0 saturated heterocycles. The first-order chi connectivity index (χ1) is 7.95. The molecule has 0 fully saturated rings. The first kappa shape index (κ1) is 11.7. The van der Waals surface area contributed by atoms with Gasteiger partial charge in [0.05, 0.1) is 0 Å². The third-order valence-corrected chi connectivity index (χ3v) is 2.50. The van der Waals surface area contributed by atoms with Crippen LogP contribution in [0.2, 0.25) is 0 Å². The van der Waals surface area contributed by atoms with Gasteiger partial charge >= 0.3 is 17.1 Å². The molecule has 0 amide bonds. The van der Waals surface area contributed by atoms with Crippen LogP contribution in [0.15, 0.2) is 36.8 Å². The van der Waals surface area contributed by atoms with E-state index in [1.807, 2.05) is 18.2 Å². The molecular formula is C9H9BCuN6. The molecule has 17 heavy (non-hydrogen) atoms. The molecule has 3 heterocycles. The van der Waals surface area contributed by atoms with Gasteiger partial charge < -0.3 is 15.3 Å². The van der Waals surface area contributed by atoms with Gasteiger partial charge in [0.15, 0.2) is 0 Å². The minimum atomic E-state index is 0. The van der Waals surface area contributed by atoms with Crippen molar-refractivity contribution in [3.05, 3.63) is 36.8 Å². The molecule has 6 nitrogen and oxygen atoms in total. The summed E-state index contributed by atoms with van der Waals surface area (Å²) in [5, 5.41) is 20.8. The van der Waals surface area contributed by atoms with Crippen LogP contribution in [0.1, 0.15) is 0 Å². The second kappa shape index (κ2) is 5.03. The van der Waals surface area contributed by atoms with Crippen molar-refractivity contribution in [1.82, 2.24) is 30.6 Å². The minimum Gasteiger partial charge on any atom is -0.324 e. The van der Waals surface area contributed by atoms with Gasteiger partial charge in [-0.15, -0.1) is 16.8 Å². The molecule has 3 N–H and O–H groups in total. The standard InChI is InChI=1S/C9H9BN6.Cu/c1-4-11-14-7(1)10(8-2-5-12-15-8)9-3-6-13-16-9;/h1-6H,(H,11,14)(H,12,15)(H,13,16);/q-1;+1. The van der Waals surface area contributed by atoms with Crippen LogP contribution in [0.5, 0.6) is 0 Å². The molecule has 0 aliphatic heterocycles. The fourth-order valence-corrected chi connectivity index (χ4v) is 1.78. The average Bonchev–Trinajstić information content (AvgIpc) is 3.02. The fraction of sp³-hybridized carbons (Fsp3) is 0. The van der Waals surface area contributed by atoms with Gasteiger partial charge in [-0.2, -0.15) is 15.3 Å². The summed E-state index contributed by atoms with van der Waals surface area (Å²) in [6.07, 6.45) is 5.19. The molecule has 3 rings (SSSR count). The zero-order valence-corrected chi connectivity index (χ0v) is 9.63. The Bertz CT molecular complexity index is 451. The maximum atomic E-state index is 3.97. The minimum absolute atomic E-state index is 0. The van der Waals surface area contributed by atoms with Gasteiger partial charge in [0.2, 0.25) is 0 Å². The molecule has 0 aliphatic carbocycles. The van der Waals surface area contributed by atoms with Crippen molar-refractivity contribution < 1.29 is 17.1 Å².